The van der Waals surface area contributed by atoms with Crippen LogP contribution < -0.4 is 0 Å². The van der Waals surface area contributed by atoms with Gasteiger partial charge in [-0.15, -0.1) is 11.3 Å². The maximum atomic E-state index is 2.42. The van der Waals surface area contributed by atoms with Crippen LogP contribution in [0.2, 0.25) is 0 Å². The lowest BCUT2D eigenvalue weighted by Crippen LogP contribution is -2.07. The summed E-state index contributed by atoms with van der Waals surface area (Å²) in [5.41, 5.74) is 10.6. The number of aryl methyl sites for hydroxylation is 1. The number of thiophene rings is 1. The monoisotopic (exact) mass is 494 g/mol. The molecular weight excluding hydrogens is 462 g/mol. The normalized spacial score (nSPS) is 18.0. The minimum absolute atomic E-state index is 0.519. The van der Waals surface area contributed by atoms with Crippen molar-refractivity contribution < 1.29 is 4.58 Å². The molecule has 0 saturated heterocycles. The maximum absolute atomic E-state index is 2.42. The van der Waals surface area contributed by atoms with E-state index in [-0.39, 0.29) is 0 Å². The zero-order valence-electron chi connectivity index (χ0n) is 21.3. The lowest BCUT2D eigenvalue weighted by Gasteiger charge is -2.14. The van der Waals surface area contributed by atoms with Gasteiger partial charge in [-0.25, -0.2) is 4.58 Å². The average Bonchev–Trinajstić information content (AvgIpc) is 3.54. The summed E-state index contributed by atoms with van der Waals surface area (Å²) < 4.78 is 2.23. The fourth-order valence-electron chi connectivity index (χ4n) is 4.99. The van der Waals surface area contributed by atoms with Crippen molar-refractivity contribution in [2.75, 3.05) is 14.1 Å². The Morgan fingerprint density at radius 3 is 1.94 bits per heavy atom. The topological polar surface area (TPSA) is 3.01 Å². The summed E-state index contributed by atoms with van der Waals surface area (Å²) in [6.07, 6.45) is 4.80. The molecule has 0 unspecified atom stereocenters. The van der Waals surface area contributed by atoms with Crippen LogP contribution in [0.4, 0.5) is 0 Å². The van der Waals surface area contributed by atoms with E-state index in [0.29, 0.717) is 5.92 Å². The zero-order chi connectivity index (χ0) is 24.7. The van der Waals surface area contributed by atoms with Gasteiger partial charge in [-0.1, -0.05) is 74.5 Å². The van der Waals surface area contributed by atoms with Crippen LogP contribution in [0.25, 0.3) is 16.7 Å². The van der Waals surface area contributed by atoms with E-state index >= 15 is 0 Å². The highest BCUT2D eigenvalue weighted by Gasteiger charge is 2.33. The van der Waals surface area contributed by atoms with Gasteiger partial charge in [0.25, 0.3) is 0 Å². The van der Waals surface area contributed by atoms with E-state index in [0.717, 1.165) is 0 Å². The Morgan fingerprint density at radius 1 is 0.771 bits per heavy atom. The molecule has 0 atom stereocenters. The summed E-state index contributed by atoms with van der Waals surface area (Å²) >= 11 is 3.85. The van der Waals surface area contributed by atoms with Gasteiger partial charge in [-0.2, -0.15) is 0 Å². The Bertz CT molecular complexity index is 1440. The van der Waals surface area contributed by atoms with Gasteiger partial charge in [-0.05, 0) is 77.6 Å². The van der Waals surface area contributed by atoms with Crippen LogP contribution in [0.1, 0.15) is 53.1 Å². The molecule has 0 radical (unpaired) electrons. The summed E-state index contributed by atoms with van der Waals surface area (Å²) in [5, 5.41) is 1.32. The molecule has 2 heterocycles. The van der Waals surface area contributed by atoms with E-state index < -0.39 is 0 Å². The highest BCUT2D eigenvalue weighted by Crippen LogP contribution is 2.53. The van der Waals surface area contributed by atoms with Gasteiger partial charge in [-0.3, -0.25) is 0 Å². The number of allylic oxidation sites excluding steroid dienone is 6. The first-order valence-corrected chi connectivity index (χ1v) is 13.8. The first-order valence-electron chi connectivity index (χ1n) is 12.2. The number of benzene rings is 2. The third-order valence-electron chi connectivity index (χ3n) is 6.52. The Morgan fingerprint density at radius 2 is 1.40 bits per heavy atom. The van der Waals surface area contributed by atoms with Gasteiger partial charge >= 0.3 is 0 Å². The van der Waals surface area contributed by atoms with Gasteiger partial charge < -0.3 is 0 Å². The second kappa shape index (κ2) is 9.64. The molecule has 0 bridgehead atoms. The Balaban J connectivity index is 1.83. The molecule has 176 valence electrons. The van der Waals surface area contributed by atoms with Crippen molar-refractivity contribution in [2.24, 2.45) is 0 Å². The predicted molar refractivity (Wildman–Crippen MR) is 156 cm³/mol. The fourth-order valence-corrected chi connectivity index (χ4v) is 7.40. The number of nitrogens with zero attached hydrogens (tertiary/aromatic N) is 1. The van der Waals surface area contributed by atoms with E-state index in [9.17, 15) is 0 Å². The molecule has 3 heteroatoms. The molecular formula is C32H32NS2+. The maximum Gasteiger partial charge on any atom is 0.242 e. The summed E-state index contributed by atoms with van der Waals surface area (Å²) in [5.74, 6) is 0.519. The first-order chi connectivity index (χ1) is 16.8. The summed E-state index contributed by atoms with van der Waals surface area (Å²) in [7, 11) is 4.28. The van der Waals surface area contributed by atoms with Crippen LogP contribution in [0, 0.1) is 6.92 Å². The van der Waals surface area contributed by atoms with Gasteiger partial charge in [0.1, 0.15) is 14.1 Å². The SMILES string of the molecule is CC1=CC(=C2C(c3ccccc3)=CC(c3ccccc3)=C2c2cc(C)c(C(C)C)s2)SC1=[N+](C)C. The van der Waals surface area contributed by atoms with E-state index in [1.165, 1.54) is 64.3 Å². The van der Waals surface area contributed by atoms with E-state index in [1.807, 2.05) is 23.1 Å². The molecule has 1 aromatic heterocycles. The van der Waals surface area contributed by atoms with Crippen LogP contribution >= 0.6 is 23.1 Å². The van der Waals surface area contributed by atoms with Crippen LogP contribution in [-0.2, 0) is 0 Å². The molecule has 2 aromatic carbocycles. The molecule has 1 aliphatic carbocycles. The smallest absolute Gasteiger partial charge is 0.229 e. The minimum Gasteiger partial charge on any atom is -0.229 e. The second-order valence-corrected chi connectivity index (χ2v) is 11.9. The molecule has 2 aliphatic rings. The number of hydrogen-bond donors (Lipinski definition) is 0. The molecule has 0 fully saturated rings. The van der Waals surface area contributed by atoms with Crippen molar-refractivity contribution in [2.45, 2.75) is 33.6 Å². The average molecular weight is 495 g/mol. The summed E-state index contributed by atoms with van der Waals surface area (Å²) in [6.45, 7) is 9.09. The van der Waals surface area contributed by atoms with Crippen LogP contribution in [-0.4, -0.2) is 23.7 Å². The molecule has 0 spiro atoms. The number of hydrogen-bond acceptors (Lipinski definition) is 2. The molecule has 0 saturated carbocycles. The number of rotatable bonds is 4. The largest absolute Gasteiger partial charge is 0.242 e. The summed E-state index contributed by atoms with van der Waals surface area (Å²) in [4.78, 5) is 4.17. The van der Waals surface area contributed by atoms with Gasteiger partial charge in [0.15, 0.2) is 0 Å². The van der Waals surface area contributed by atoms with Crippen molar-refractivity contribution in [1.82, 2.24) is 0 Å². The first kappa shape index (κ1) is 23.8. The molecule has 0 amide bonds. The molecule has 0 N–H and O–H groups in total. The van der Waals surface area contributed by atoms with Crippen molar-refractivity contribution >= 4 is 44.9 Å². The Kier molecular flexibility index (Phi) is 6.57. The number of thioether (sulfide) groups is 1. The van der Waals surface area contributed by atoms with Crippen molar-refractivity contribution in [3.8, 4) is 0 Å². The Hall–Kier alpha value is -2.88. The molecule has 35 heavy (non-hydrogen) atoms. The van der Waals surface area contributed by atoms with Gasteiger partial charge in [0.2, 0.25) is 5.04 Å². The lowest BCUT2D eigenvalue weighted by atomic mass is 9.93. The highest BCUT2D eigenvalue weighted by atomic mass is 32.2. The van der Waals surface area contributed by atoms with E-state index in [4.69, 9.17) is 0 Å². The Labute approximate surface area is 217 Å². The van der Waals surface area contributed by atoms with E-state index in [2.05, 4.69) is 125 Å². The molecule has 5 rings (SSSR count). The summed E-state index contributed by atoms with van der Waals surface area (Å²) in [6, 6.07) is 24.2. The van der Waals surface area contributed by atoms with Crippen LogP contribution in [0.3, 0.4) is 0 Å². The van der Waals surface area contributed by atoms with Crippen molar-refractivity contribution in [3.63, 3.8) is 0 Å². The standard InChI is InChI=1S/C32H32NS2/c1-20(2)31-21(3)17-27(34-31)29-25(23-13-9-7-10-14-23)19-26(24-15-11-8-12-16-24)30(29)28-18-22(4)32(35-28)33(5)6/h7-20H,1-6H3/q+1. The molecule has 1 aliphatic heterocycles. The highest BCUT2D eigenvalue weighted by molar-refractivity contribution is 8.18. The van der Waals surface area contributed by atoms with E-state index in [1.54, 1.807) is 0 Å². The molecule has 1 nitrogen and oxygen atoms in total. The lowest BCUT2D eigenvalue weighted by molar-refractivity contribution is -0.460. The predicted octanol–water partition coefficient (Wildman–Crippen LogP) is 8.81. The third-order valence-corrected chi connectivity index (χ3v) is 9.50. The third kappa shape index (κ3) is 4.44. The quantitative estimate of drug-likeness (QED) is 0.327. The minimum atomic E-state index is 0.519. The molecule has 3 aromatic rings. The zero-order valence-corrected chi connectivity index (χ0v) is 23.0. The van der Waals surface area contributed by atoms with Crippen molar-refractivity contribution in [1.29, 1.82) is 0 Å². The fraction of sp³-hybridized carbons (Fsp3) is 0.219. The second-order valence-electron chi connectivity index (χ2n) is 9.76. The van der Waals surface area contributed by atoms with Crippen molar-refractivity contribution in [3.05, 3.63) is 121 Å². The van der Waals surface area contributed by atoms with Gasteiger partial charge in [0.05, 0.1) is 0 Å². The van der Waals surface area contributed by atoms with Gasteiger partial charge in [0, 0.05) is 31.4 Å². The van der Waals surface area contributed by atoms with Crippen LogP contribution in [0.5, 0.6) is 0 Å². The van der Waals surface area contributed by atoms with Crippen LogP contribution in [0.15, 0.2) is 94.9 Å².